The van der Waals surface area contributed by atoms with E-state index in [1.807, 2.05) is 12.1 Å². The number of rotatable bonds is 2. The molecule has 1 heterocycles. The van der Waals surface area contributed by atoms with Crippen molar-refractivity contribution in [2.45, 2.75) is 39.2 Å². The predicted molar refractivity (Wildman–Crippen MR) is 65.5 cm³/mol. The van der Waals surface area contributed by atoms with Crippen LogP contribution in [-0.4, -0.2) is 11.1 Å². The topological polar surface area (TPSA) is 45.9 Å². The Hall–Kier alpha value is -1.56. The van der Waals surface area contributed by atoms with Gasteiger partial charge in [-0.2, -0.15) is 5.26 Å². The van der Waals surface area contributed by atoms with Crippen LogP contribution in [0.1, 0.15) is 38.8 Å². The SMILES string of the molecule is CC1CC(C)CC(Oc2ccc(C#N)nc2)C1. The molecule has 0 aliphatic heterocycles. The molecule has 3 heteroatoms. The van der Waals surface area contributed by atoms with Gasteiger partial charge in [-0.05, 0) is 43.2 Å². The van der Waals surface area contributed by atoms with Crippen molar-refractivity contribution in [3.63, 3.8) is 0 Å². The molecular weight excluding hydrogens is 212 g/mol. The molecule has 0 N–H and O–H groups in total. The van der Waals surface area contributed by atoms with Gasteiger partial charge in [0.05, 0.1) is 12.3 Å². The summed E-state index contributed by atoms with van der Waals surface area (Å²) < 4.78 is 5.92. The van der Waals surface area contributed by atoms with Crippen molar-refractivity contribution < 1.29 is 4.74 Å². The van der Waals surface area contributed by atoms with E-state index < -0.39 is 0 Å². The number of pyridine rings is 1. The van der Waals surface area contributed by atoms with Crippen molar-refractivity contribution in [2.75, 3.05) is 0 Å². The zero-order chi connectivity index (χ0) is 12.3. The van der Waals surface area contributed by atoms with Crippen LogP contribution in [0.4, 0.5) is 0 Å². The van der Waals surface area contributed by atoms with E-state index in [0.717, 1.165) is 30.4 Å². The van der Waals surface area contributed by atoms with Gasteiger partial charge < -0.3 is 4.74 Å². The van der Waals surface area contributed by atoms with Crippen molar-refractivity contribution in [1.82, 2.24) is 4.98 Å². The first kappa shape index (κ1) is 11.9. The smallest absolute Gasteiger partial charge is 0.140 e. The van der Waals surface area contributed by atoms with Gasteiger partial charge in [0.15, 0.2) is 0 Å². The van der Waals surface area contributed by atoms with Gasteiger partial charge in [0.2, 0.25) is 0 Å². The number of hydrogen-bond acceptors (Lipinski definition) is 3. The van der Waals surface area contributed by atoms with E-state index in [1.54, 1.807) is 12.3 Å². The van der Waals surface area contributed by atoms with Crippen molar-refractivity contribution in [3.8, 4) is 11.8 Å². The molecular formula is C14H18N2O. The van der Waals surface area contributed by atoms with E-state index in [1.165, 1.54) is 6.42 Å². The molecule has 1 aliphatic rings. The summed E-state index contributed by atoms with van der Waals surface area (Å²) in [5.41, 5.74) is 0.433. The third-order valence-corrected chi connectivity index (χ3v) is 3.29. The zero-order valence-electron chi connectivity index (χ0n) is 10.4. The van der Waals surface area contributed by atoms with Crippen LogP contribution in [0.5, 0.6) is 5.75 Å². The van der Waals surface area contributed by atoms with Gasteiger partial charge in [0, 0.05) is 0 Å². The van der Waals surface area contributed by atoms with Gasteiger partial charge in [-0.3, -0.25) is 0 Å². The van der Waals surface area contributed by atoms with E-state index in [2.05, 4.69) is 18.8 Å². The highest BCUT2D eigenvalue weighted by Crippen LogP contribution is 2.31. The van der Waals surface area contributed by atoms with E-state index in [9.17, 15) is 0 Å². The molecule has 0 spiro atoms. The van der Waals surface area contributed by atoms with Crippen LogP contribution < -0.4 is 4.74 Å². The van der Waals surface area contributed by atoms with Crippen LogP contribution in [0.25, 0.3) is 0 Å². The minimum Gasteiger partial charge on any atom is -0.489 e. The second-order valence-corrected chi connectivity index (χ2v) is 5.15. The molecule has 90 valence electrons. The van der Waals surface area contributed by atoms with Crippen LogP contribution >= 0.6 is 0 Å². The van der Waals surface area contributed by atoms with E-state index in [-0.39, 0.29) is 0 Å². The Morgan fingerprint density at radius 2 is 1.94 bits per heavy atom. The standard InChI is InChI=1S/C14H18N2O/c1-10-5-11(2)7-14(6-10)17-13-4-3-12(8-15)16-9-13/h3-4,9-11,14H,5-7H2,1-2H3. The maximum Gasteiger partial charge on any atom is 0.140 e. The van der Waals surface area contributed by atoms with Crippen molar-refractivity contribution in [1.29, 1.82) is 5.26 Å². The van der Waals surface area contributed by atoms with Crippen LogP contribution in [0.2, 0.25) is 0 Å². The molecule has 2 atom stereocenters. The Morgan fingerprint density at radius 1 is 1.24 bits per heavy atom. The van der Waals surface area contributed by atoms with Crippen LogP contribution in [0.15, 0.2) is 18.3 Å². The summed E-state index contributed by atoms with van der Waals surface area (Å²) in [5.74, 6) is 2.24. The molecule has 0 saturated heterocycles. The lowest BCUT2D eigenvalue weighted by Gasteiger charge is -2.31. The highest BCUT2D eigenvalue weighted by molar-refractivity contribution is 5.26. The summed E-state index contributed by atoms with van der Waals surface area (Å²) in [5, 5.41) is 8.67. The fraction of sp³-hybridized carbons (Fsp3) is 0.571. The average Bonchev–Trinajstić information content (AvgIpc) is 2.28. The quantitative estimate of drug-likeness (QED) is 0.784. The Morgan fingerprint density at radius 3 is 2.47 bits per heavy atom. The largest absolute Gasteiger partial charge is 0.489 e. The highest BCUT2D eigenvalue weighted by Gasteiger charge is 2.25. The molecule has 0 amide bonds. The predicted octanol–water partition coefficient (Wildman–Crippen LogP) is 3.16. The summed E-state index contributed by atoms with van der Waals surface area (Å²) in [7, 11) is 0. The Bertz CT molecular complexity index is 397. The lowest BCUT2D eigenvalue weighted by Crippen LogP contribution is -2.28. The molecule has 2 rings (SSSR count). The normalized spacial score (nSPS) is 28.4. The zero-order valence-corrected chi connectivity index (χ0v) is 10.4. The maximum absolute atomic E-state index is 8.67. The minimum atomic E-state index is 0.295. The summed E-state index contributed by atoms with van der Waals surface area (Å²) in [4.78, 5) is 4.01. The van der Waals surface area contributed by atoms with E-state index in [0.29, 0.717) is 11.8 Å². The molecule has 0 radical (unpaired) electrons. The van der Waals surface area contributed by atoms with Crippen molar-refractivity contribution in [2.24, 2.45) is 11.8 Å². The lowest BCUT2D eigenvalue weighted by atomic mass is 9.82. The highest BCUT2D eigenvalue weighted by atomic mass is 16.5. The molecule has 1 fully saturated rings. The summed E-state index contributed by atoms with van der Waals surface area (Å²) in [6.07, 6.45) is 5.46. The van der Waals surface area contributed by atoms with Crippen LogP contribution in [0.3, 0.4) is 0 Å². The first-order valence-electron chi connectivity index (χ1n) is 6.20. The molecule has 1 aromatic rings. The fourth-order valence-corrected chi connectivity index (χ4v) is 2.68. The molecule has 0 aromatic carbocycles. The molecule has 17 heavy (non-hydrogen) atoms. The van der Waals surface area contributed by atoms with Gasteiger partial charge in [-0.25, -0.2) is 4.98 Å². The molecule has 0 bridgehead atoms. The van der Waals surface area contributed by atoms with Crippen molar-refractivity contribution >= 4 is 0 Å². The summed E-state index contributed by atoms with van der Waals surface area (Å²) >= 11 is 0. The second kappa shape index (κ2) is 5.18. The molecule has 3 nitrogen and oxygen atoms in total. The van der Waals surface area contributed by atoms with Crippen molar-refractivity contribution in [3.05, 3.63) is 24.0 Å². The molecule has 1 saturated carbocycles. The molecule has 2 unspecified atom stereocenters. The monoisotopic (exact) mass is 230 g/mol. The molecule has 1 aromatic heterocycles. The average molecular weight is 230 g/mol. The lowest BCUT2D eigenvalue weighted by molar-refractivity contribution is 0.101. The third kappa shape index (κ3) is 3.20. The van der Waals surface area contributed by atoms with Gasteiger partial charge in [0.1, 0.15) is 17.5 Å². The van der Waals surface area contributed by atoms with E-state index in [4.69, 9.17) is 10.00 Å². The van der Waals surface area contributed by atoms with Gasteiger partial charge in [0.25, 0.3) is 0 Å². The number of nitriles is 1. The second-order valence-electron chi connectivity index (χ2n) is 5.15. The first-order valence-corrected chi connectivity index (χ1v) is 6.20. The van der Waals surface area contributed by atoms with Crippen LogP contribution in [-0.2, 0) is 0 Å². The number of nitrogens with zero attached hydrogens (tertiary/aromatic N) is 2. The van der Waals surface area contributed by atoms with E-state index >= 15 is 0 Å². The maximum atomic E-state index is 8.67. The Labute approximate surface area is 102 Å². The number of hydrogen-bond donors (Lipinski definition) is 0. The molecule has 1 aliphatic carbocycles. The van der Waals surface area contributed by atoms with Gasteiger partial charge in [-0.1, -0.05) is 13.8 Å². The first-order chi connectivity index (χ1) is 8.17. The minimum absolute atomic E-state index is 0.295. The number of ether oxygens (including phenoxy) is 1. The van der Waals surface area contributed by atoms with Crippen LogP contribution in [0, 0.1) is 23.2 Å². The van der Waals surface area contributed by atoms with Gasteiger partial charge in [-0.15, -0.1) is 0 Å². The fourth-order valence-electron chi connectivity index (χ4n) is 2.68. The number of aromatic nitrogens is 1. The Kier molecular flexibility index (Phi) is 3.63. The summed E-state index contributed by atoms with van der Waals surface area (Å²) in [6.45, 7) is 4.56. The Balaban J connectivity index is 1.98. The summed E-state index contributed by atoms with van der Waals surface area (Å²) in [6, 6.07) is 5.53. The van der Waals surface area contributed by atoms with Gasteiger partial charge >= 0.3 is 0 Å². The third-order valence-electron chi connectivity index (χ3n) is 3.29.